The highest BCUT2D eigenvalue weighted by Crippen LogP contribution is 2.40. The average molecular weight is 1740 g/mol. The molecule has 0 atom stereocenters. The van der Waals surface area contributed by atoms with Crippen LogP contribution in [0.1, 0.15) is 178 Å². The number of hydrogen-bond donors (Lipinski definition) is 2. The molecule has 3 fully saturated rings. The second kappa shape index (κ2) is 40.2. The fourth-order valence-electron chi connectivity index (χ4n) is 11.1. The van der Waals surface area contributed by atoms with Gasteiger partial charge in [0.25, 0.3) is 11.1 Å². The van der Waals surface area contributed by atoms with Crippen LogP contribution < -0.4 is 22.2 Å². The van der Waals surface area contributed by atoms with Gasteiger partial charge in [-0.2, -0.15) is 10.2 Å². The number of rotatable bonds is 8. The molecule has 0 aromatic carbocycles. The quantitative estimate of drug-likeness (QED) is 0.0618. The Morgan fingerprint density at radius 3 is 1.35 bits per heavy atom. The van der Waals surface area contributed by atoms with E-state index in [4.69, 9.17) is 57.2 Å². The van der Waals surface area contributed by atoms with Crippen molar-refractivity contribution in [2.45, 2.75) is 195 Å². The molecule has 5 aliphatic rings. The summed E-state index contributed by atoms with van der Waals surface area (Å²) in [5.74, 6) is 1.57. The van der Waals surface area contributed by atoms with Crippen LogP contribution in [0.4, 0.5) is 48.1 Å². The molecule has 3 N–H and O–H groups in total. The number of nitrogens with zero attached hydrogens (tertiary/aromatic N) is 14. The van der Waals surface area contributed by atoms with Gasteiger partial charge in [0.2, 0.25) is 0 Å². The first-order valence-corrected chi connectivity index (χ1v) is 38.9. The highest BCUT2D eigenvalue weighted by atomic mass is 79.9. The number of pyridine rings is 4. The van der Waals surface area contributed by atoms with Crippen LogP contribution >= 0.6 is 55.1 Å². The van der Waals surface area contributed by atoms with Crippen LogP contribution in [0.25, 0.3) is 5.57 Å². The largest absolute Gasteiger partial charge is 0.490 e. The lowest BCUT2D eigenvalue weighted by atomic mass is 9.75. The van der Waals surface area contributed by atoms with Crippen molar-refractivity contribution in [2.24, 2.45) is 14.1 Å². The zero-order valence-electron chi connectivity index (χ0n) is 67.3. The van der Waals surface area contributed by atoms with E-state index in [1.54, 1.807) is 45.8 Å². The maximum absolute atomic E-state index is 12.2. The van der Waals surface area contributed by atoms with Gasteiger partial charge in [0.05, 0.1) is 20.1 Å². The van der Waals surface area contributed by atoms with Crippen molar-refractivity contribution < 1.29 is 57.3 Å². The van der Waals surface area contributed by atoms with Crippen LogP contribution in [0, 0.1) is 20.2 Å². The summed E-state index contributed by atoms with van der Waals surface area (Å²) in [4.78, 5) is 114. The number of nitro groups is 2. The second-order valence-electron chi connectivity index (χ2n) is 31.9. The van der Waals surface area contributed by atoms with Gasteiger partial charge >= 0.3 is 43.1 Å². The van der Waals surface area contributed by atoms with Crippen LogP contribution in [0.2, 0.25) is 10.3 Å². The van der Waals surface area contributed by atoms with Crippen LogP contribution in [-0.4, -0.2) is 186 Å². The highest BCUT2D eigenvalue weighted by molar-refractivity contribution is 9.10. The first-order chi connectivity index (χ1) is 52.4. The highest BCUT2D eigenvalue weighted by Gasteiger charge is 2.52. The van der Waals surface area contributed by atoms with E-state index in [1.165, 1.54) is 51.6 Å². The third-order valence-corrected chi connectivity index (χ3v) is 19.0. The van der Waals surface area contributed by atoms with E-state index in [2.05, 4.69) is 67.3 Å². The van der Waals surface area contributed by atoms with Gasteiger partial charge < -0.3 is 79.1 Å². The predicted octanol–water partition coefficient (Wildman–Crippen LogP) is 15.6. The Kier molecular flexibility index (Phi) is 33.0. The Bertz CT molecular complexity index is 4400. The number of amides is 4. The number of piperidine rings is 2. The van der Waals surface area contributed by atoms with Gasteiger partial charge in [-0.3, -0.25) is 9.59 Å². The Morgan fingerprint density at radius 2 is 0.982 bits per heavy atom. The van der Waals surface area contributed by atoms with Crippen molar-refractivity contribution in [3.05, 3.63) is 180 Å². The number of nitrogens with one attached hydrogen (secondary N) is 1. The Balaban J connectivity index is 0.000000218. The van der Waals surface area contributed by atoms with Crippen molar-refractivity contribution in [1.82, 2.24) is 59.1 Å². The normalized spacial score (nSPS) is 16.3. The number of nitrogen functional groups attached to an aromatic ring is 1. The summed E-state index contributed by atoms with van der Waals surface area (Å²) in [5.41, 5.74) is 8.17. The number of carbonyl (C=O) groups excluding carboxylic acids is 4. The molecule has 113 heavy (non-hydrogen) atoms. The molecule has 3 saturated heterocycles. The molecule has 0 saturated carbocycles. The number of anilines is 3. The van der Waals surface area contributed by atoms with E-state index >= 15 is 0 Å². The molecule has 32 nitrogen and oxygen atoms in total. The lowest BCUT2D eigenvalue weighted by molar-refractivity contribution is -0.389. The molecule has 0 radical (unpaired) electrons. The maximum Gasteiger partial charge on any atom is 0.490 e. The topological polar surface area (TPSA) is 382 Å². The summed E-state index contributed by atoms with van der Waals surface area (Å²) >= 11 is 17.6. The molecular weight excluding hydrogens is 1630 g/mol. The van der Waals surface area contributed by atoms with Crippen molar-refractivity contribution in [3.8, 4) is 0 Å². The lowest BCUT2D eigenvalue weighted by Gasteiger charge is -2.33. The van der Waals surface area contributed by atoms with Crippen LogP contribution in [0.3, 0.4) is 0 Å². The number of carbonyl (C=O) groups is 4. The molecule has 0 unspecified atom stereocenters. The van der Waals surface area contributed by atoms with Crippen LogP contribution in [0.15, 0.2) is 122 Å². The lowest BCUT2D eigenvalue weighted by Crippen LogP contribution is -2.41. The van der Waals surface area contributed by atoms with Crippen molar-refractivity contribution in [2.75, 3.05) is 63.4 Å². The molecule has 0 bridgehead atoms. The number of halogens is 4. The summed E-state index contributed by atoms with van der Waals surface area (Å²) < 4.78 is 37.2. The van der Waals surface area contributed by atoms with Gasteiger partial charge in [-0.25, -0.2) is 38.5 Å². The third-order valence-electron chi connectivity index (χ3n) is 17.6. The van der Waals surface area contributed by atoms with E-state index in [0.717, 1.165) is 71.8 Å². The molecule has 0 spiro atoms. The molecule has 5 aliphatic heterocycles. The Hall–Kier alpha value is -9.16. The smallest absolute Gasteiger partial charge is 0.444 e. The first-order valence-electron chi connectivity index (χ1n) is 36.6. The van der Waals surface area contributed by atoms with Gasteiger partial charge in [0, 0.05) is 103 Å². The molecule has 4 amide bonds. The molecule has 11 heterocycles. The number of aromatic nitrogens is 8. The van der Waals surface area contributed by atoms with Crippen molar-refractivity contribution in [3.63, 3.8) is 0 Å². The average Bonchev–Trinajstić information content (AvgIpc) is 1.62. The third kappa shape index (κ3) is 30.3. The molecule has 11 rings (SSSR count). The Morgan fingerprint density at radius 1 is 0.558 bits per heavy atom. The monoisotopic (exact) mass is 1730 g/mol. The fourth-order valence-corrected chi connectivity index (χ4v) is 12.4. The fraction of sp³-hybridized carbons (Fsp3) is 0.526. The van der Waals surface area contributed by atoms with E-state index in [-0.39, 0.29) is 70.6 Å². The number of likely N-dealkylation sites (tertiary alicyclic amines) is 2. The molecular formula is C76H103BBr2Cl2N16O16. The van der Waals surface area contributed by atoms with Gasteiger partial charge in [-0.1, -0.05) is 47.5 Å². The molecule has 6 aromatic heterocycles. The van der Waals surface area contributed by atoms with Gasteiger partial charge in [-0.15, -0.1) is 0 Å². The summed E-state index contributed by atoms with van der Waals surface area (Å²) in [6.07, 6.45) is 14.4. The summed E-state index contributed by atoms with van der Waals surface area (Å²) in [6.45, 7) is 35.5. The second-order valence-corrected chi connectivity index (χ2v) is 34.4. The van der Waals surface area contributed by atoms with Gasteiger partial charge in [0.1, 0.15) is 45.9 Å². The number of ether oxygens (including phenoxy) is 4. The summed E-state index contributed by atoms with van der Waals surface area (Å²) in [5, 5.41) is 31.7. The van der Waals surface area contributed by atoms with Gasteiger partial charge in [-0.05, 0) is 265 Å². The molecule has 6 aromatic rings. The zero-order chi connectivity index (χ0) is 84.3. The first kappa shape index (κ1) is 92.7. The SMILES string of the molecule is CC(C)(C)OC(=O)N1CC=C(B2OC(C)(C)C(C)(C)O2)CC1.CC(C)(C)OC(=O)N1CC=C(c2ccc([N+](=O)[O-])nc2)CC1.CC(C)(C)OC(=O)N1CCC(c2ccc(N)nc2)CC1.Cn1nc(Cl)cc(Br)c1=O.Cn1nc(Cl)cc(Nc2ccc(C3CCN(C(=O)OC(C)(C)C)CC3)cn2)c1=O.O=[N+]([O-])c1ccc(Br)cn1. The molecule has 614 valence electrons. The number of nitrogens with two attached hydrogens (primary N) is 1. The van der Waals surface area contributed by atoms with Crippen molar-refractivity contribution >= 4 is 121 Å². The van der Waals surface area contributed by atoms with Crippen LogP contribution in [-0.2, 0) is 42.4 Å². The van der Waals surface area contributed by atoms with Gasteiger partial charge in [0.15, 0.2) is 16.5 Å². The molecule has 0 aliphatic carbocycles. The maximum atomic E-state index is 12.2. The predicted molar refractivity (Wildman–Crippen MR) is 439 cm³/mol. The minimum Gasteiger partial charge on any atom is -0.444 e. The van der Waals surface area contributed by atoms with E-state index in [1.807, 2.05) is 160 Å². The summed E-state index contributed by atoms with van der Waals surface area (Å²) in [7, 11) is 2.77. The standard InChI is InChI=1S/C20H26ClN5O3.C16H28BNO4.C15H19N3O4.C15H23N3O2.C5H4BrClN2O.C5H3BrN2O2/c1-20(2,3)29-19(28)26-9-7-13(8-10-26)14-5-6-17(22-12-14)23-15-11-16(21)24-25(4)18(15)27;1-14(2,3)20-13(19)18-10-8-12(9-11-18)17-21-15(4,5)16(6,7)22-17;1-15(2,3)22-14(19)17-8-6-11(7-9-17)12-4-5-13(16-10-12)18(20)21;1-15(2,3)20-14(19)18-8-6-11(7-9-18)12-4-5-13(16)17-10-12;1-9-5(10)3(6)2-4(7)8-9;6-4-1-2-5(7-3-4)8(9)10/h5-6,11-13H,7-10H2,1-4H3,(H,22,23);8H,9-11H2,1-7H3;4-6,10H,7-9H2,1-3H3;4-5,10-11H,6-9H2,1-3H3,(H2,16,17);2H,1H3;1-3H. The number of hydrogen-bond acceptors (Lipinski definition) is 24. The van der Waals surface area contributed by atoms with Crippen LogP contribution in [0.5, 0.6) is 0 Å². The molecule has 37 heteroatoms. The number of aryl methyl sites for hydroxylation is 2. The minimum atomic E-state index is -0.535. The van der Waals surface area contributed by atoms with E-state index in [9.17, 15) is 49.0 Å². The van der Waals surface area contributed by atoms with E-state index in [0.29, 0.717) is 84.5 Å². The minimum absolute atomic E-state index is 0.136. The Labute approximate surface area is 685 Å². The summed E-state index contributed by atoms with van der Waals surface area (Å²) in [6, 6.07) is 16.6. The zero-order valence-corrected chi connectivity index (χ0v) is 71.9. The van der Waals surface area contributed by atoms with Crippen molar-refractivity contribution in [1.29, 1.82) is 0 Å². The van der Waals surface area contributed by atoms with E-state index < -0.39 is 32.3 Å².